The molecule has 0 unspecified atom stereocenters. The standard InChI is InChI=1S/C11H22N2/c1-3-5-6-8-13-10-9-12(11-13)7-4-2/h4H,2-3,5-11H2,1H3. The topological polar surface area (TPSA) is 6.48 Å². The molecule has 0 aromatic carbocycles. The second kappa shape index (κ2) is 6.17. The molecule has 0 bridgehead atoms. The zero-order chi connectivity index (χ0) is 9.52. The van der Waals surface area contributed by atoms with Crippen LogP contribution in [0.3, 0.4) is 0 Å². The summed E-state index contributed by atoms with van der Waals surface area (Å²) in [4.78, 5) is 4.98. The van der Waals surface area contributed by atoms with Gasteiger partial charge >= 0.3 is 0 Å². The van der Waals surface area contributed by atoms with Crippen LogP contribution in [0.5, 0.6) is 0 Å². The molecule has 0 N–H and O–H groups in total. The smallest absolute Gasteiger partial charge is 0.0510 e. The molecule has 0 radical (unpaired) electrons. The van der Waals surface area contributed by atoms with Crippen molar-refractivity contribution in [3.8, 4) is 0 Å². The first-order valence-electron chi connectivity index (χ1n) is 5.42. The molecule has 1 rings (SSSR count). The van der Waals surface area contributed by atoms with Gasteiger partial charge in [0.2, 0.25) is 0 Å². The first-order chi connectivity index (χ1) is 6.36. The number of hydrogen-bond acceptors (Lipinski definition) is 2. The van der Waals surface area contributed by atoms with Gasteiger partial charge in [0.1, 0.15) is 0 Å². The number of unbranched alkanes of at least 4 members (excludes halogenated alkanes) is 2. The van der Waals surface area contributed by atoms with E-state index in [9.17, 15) is 0 Å². The van der Waals surface area contributed by atoms with E-state index in [1.807, 2.05) is 6.08 Å². The van der Waals surface area contributed by atoms with E-state index in [1.54, 1.807) is 0 Å². The van der Waals surface area contributed by atoms with Crippen LogP contribution in [-0.4, -0.2) is 42.6 Å². The van der Waals surface area contributed by atoms with Gasteiger partial charge in [-0.3, -0.25) is 9.80 Å². The van der Waals surface area contributed by atoms with Crippen LogP contribution in [-0.2, 0) is 0 Å². The Morgan fingerprint density at radius 3 is 2.69 bits per heavy atom. The molecule has 0 amide bonds. The molecule has 2 heteroatoms. The molecule has 0 atom stereocenters. The maximum absolute atomic E-state index is 3.76. The monoisotopic (exact) mass is 182 g/mol. The minimum absolute atomic E-state index is 1.05. The minimum atomic E-state index is 1.05. The quantitative estimate of drug-likeness (QED) is 0.457. The molecule has 1 fully saturated rings. The molecule has 0 spiro atoms. The third-order valence-corrected chi connectivity index (χ3v) is 2.60. The highest BCUT2D eigenvalue weighted by Crippen LogP contribution is 2.06. The van der Waals surface area contributed by atoms with E-state index < -0.39 is 0 Å². The van der Waals surface area contributed by atoms with Gasteiger partial charge in [-0.05, 0) is 13.0 Å². The van der Waals surface area contributed by atoms with Crippen molar-refractivity contribution in [3.63, 3.8) is 0 Å². The second-order valence-corrected chi connectivity index (χ2v) is 3.83. The molecule has 0 aliphatic carbocycles. The Kier molecular flexibility index (Phi) is 5.09. The summed E-state index contributed by atoms with van der Waals surface area (Å²) in [7, 11) is 0. The van der Waals surface area contributed by atoms with Crippen LogP contribution in [0.25, 0.3) is 0 Å². The lowest BCUT2D eigenvalue weighted by atomic mass is 10.2. The number of hydrogen-bond donors (Lipinski definition) is 0. The zero-order valence-electron chi connectivity index (χ0n) is 8.84. The highest BCUT2D eigenvalue weighted by Gasteiger charge is 2.17. The molecule has 0 aromatic rings. The van der Waals surface area contributed by atoms with Crippen molar-refractivity contribution in [2.75, 3.05) is 32.8 Å². The van der Waals surface area contributed by atoms with Crippen molar-refractivity contribution < 1.29 is 0 Å². The molecule has 2 nitrogen and oxygen atoms in total. The third kappa shape index (κ3) is 3.92. The lowest BCUT2D eigenvalue weighted by molar-refractivity contribution is 0.257. The fourth-order valence-electron chi connectivity index (χ4n) is 1.81. The Bertz CT molecular complexity index is 145. The molecule has 13 heavy (non-hydrogen) atoms. The van der Waals surface area contributed by atoms with Crippen LogP contribution in [0.15, 0.2) is 12.7 Å². The summed E-state index contributed by atoms with van der Waals surface area (Å²) in [6.07, 6.45) is 6.05. The SMILES string of the molecule is C=CCN1CCN(CCCCC)C1. The maximum atomic E-state index is 3.76. The van der Waals surface area contributed by atoms with Crippen LogP contribution in [0.4, 0.5) is 0 Å². The van der Waals surface area contributed by atoms with Gasteiger partial charge in [0.15, 0.2) is 0 Å². The molecule has 76 valence electrons. The van der Waals surface area contributed by atoms with Gasteiger partial charge in [-0.1, -0.05) is 25.8 Å². The Hall–Kier alpha value is -0.340. The van der Waals surface area contributed by atoms with E-state index in [0.29, 0.717) is 0 Å². The van der Waals surface area contributed by atoms with Crippen LogP contribution < -0.4 is 0 Å². The summed E-state index contributed by atoms with van der Waals surface area (Å²) in [5.41, 5.74) is 0. The summed E-state index contributed by atoms with van der Waals surface area (Å²) < 4.78 is 0. The summed E-state index contributed by atoms with van der Waals surface area (Å²) >= 11 is 0. The average Bonchev–Trinajstić information content (AvgIpc) is 2.54. The van der Waals surface area contributed by atoms with Gasteiger partial charge in [-0.2, -0.15) is 0 Å². The predicted octanol–water partition coefficient (Wildman–Crippen LogP) is 1.94. The Balaban J connectivity index is 2.06. The Morgan fingerprint density at radius 1 is 1.23 bits per heavy atom. The maximum Gasteiger partial charge on any atom is 0.0510 e. The summed E-state index contributed by atoms with van der Waals surface area (Å²) in [5, 5.41) is 0. The van der Waals surface area contributed by atoms with Crippen LogP contribution in [0.1, 0.15) is 26.2 Å². The summed E-state index contributed by atoms with van der Waals surface area (Å²) in [5.74, 6) is 0. The van der Waals surface area contributed by atoms with Gasteiger partial charge in [0, 0.05) is 19.6 Å². The van der Waals surface area contributed by atoms with Crippen LogP contribution in [0, 0.1) is 0 Å². The lowest BCUT2D eigenvalue weighted by Gasteiger charge is -2.16. The largest absolute Gasteiger partial charge is 0.289 e. The fourth-order valence-corrected chi connectivity index (χ4v) is 1.81. The minimum Gasteiger partial charge on any atom is -0.289 e. The zero-order valence-corrected chi connectivity index (χ0v) is 8.84. The van der Waals surface area contributed by atoms with Gasteiger partial charge in [0.05, 0.1) is 6.67 Å². The van der Waals surface area contributed by atoms with E-state index in [4.69, 9.17) is 0 Å². The van der Waals surface area contributed by atoms with Crippen molar-refractivity contribution in [1.29, 1.82) is 0 Å². The third-order valence-electron chi connectivity index (χ3n) is 2.60. The highest BCUT2D eigenvalue weighted by atomic mass is 15.4. The van der Waals surface area contributed by atoms with Crippen molar-refractivity contribution in [3.05, 3.63) is 12.7 Å². The fraction of sp³-hybridized carbons (Fsp3) is 0.818. The van der Waals surface area contributed by atoms with Gasteiger partial charge in [-0.15, -0.1) is 6.58 Å². The molecule has 1 aliphatic rings. The van der Waals surface area contributed by atoms with Crippen LogP contribution >= 0.6 is 0 Å². The van der Waals surface area contributed by atoms with E-state index in [2.05, 4.69) is 23.3 Å². The summed E-state index contributed by atoms with van der Waals surface area (Å²) in [6.45, 7) is 12.0. The van der Waals surface area contributed by atoms with E-state index >= 15 is 0 Å². The lowest BCUT2D eigenvalue weighted by Crippen LogP contribution is -2.26. The first-order valence-corrected chi connectivity index (χ1v) is 5.42. The first kappa shape index (κ1) is 10.7. The van der Waals surface area contributed by atoms with Gasteiger partial charge in [-0.25, -0.2) is 0 Å². The van der Waals surface area contributed by atoms with E-state index in [1.165, 1.54) is 38.9 Å². The molecule has 1 saturated heterocycles. The van der Waals surface area contributed by atoms with Crippen LogP contribution in [0.2, 0.25) is 0 Å². The molecular weight excluding hydrogens is 160 g/mol. The van der Waals surface area contributed by atoms with E-state index in [-0.39, 0.29) is 0 Å². The average molecular weight is 182 g/mol. The van der Waals surface area contributed by atoms with E-state index in [0.717, 1.165) is 13.2 Å². The van der Waals surface area contributed by atoms with Gasteiger partial charge in [0.25, 0.3) is 0 Å². The highest BCUT2D eigenvalue weighted by molar-refractivity contribution is 4.78. The normalized spacial score (nSPS) is 19.5. The second-order valence-electron chi connectivity index (χ2n) is 3.83. The Labute approximate surface area is 82.2 Å². The van der Waals surface area contributed by atoms with Crippen molar-refractivity contribution in [2.45, 2.75) is 26.2 Å². The van der Waals surface area contributed by atoms with Gasteiger partial charge < -0.3 is 0 Å². The molecule has 0 saturated carbocycles. The molecular formula is C11H22N2. The number of nitrogens with zero attached hydrogens (tertiary/aromatic N) is 2. The molecule has 0 aromatic heterocycles. The predicted molar refractivity (Wildman–Crippen MR) is 57.7 cm³/mol. The molecule has 1 heterocycles. The van der Waals surface area contributed by atoms with Crippen molar-refractivity contribution >= 4 is 0 Å². The Morgan fingerprint density at radius 2 is 2.00 bits per heavy atom. The van der Waals surface area contributed by atoms with Crippen molar-refractivity contribution in [2.24, 2.45) is 0 Å². The van der Waals surface area contributed by atoms with Crippen molar-refractivity contribution in [1.82, 2.24) is 9.80 Å². The number of rotatable bonds is 6. The molecule has 1 aliphatic heterocycles. The summed E-state index contributed by atoms with van der Waals surface area (Å²) in [6, 6.07) is 0.